The summed E-state index contributed by atoms with van der Waals surface area (Å²) in [6, 6.07) is 31.9. The summed E-state index contributed by atoms with van der Waals surface area (Å²) in [5.74, 6) is 0.465. The van der Waals surface area contributed by atoms with Crippen LogP contribution in [0.2, 0.25) is 0 Å². The minimum atomic E-state index is -0.260. The van der Waals surface area contributed by atoms with Crippen molar-refractivity contribution >= 4 is 49.6 Å². The monoisotopic (exact) mass is 515 g/mol. The molecule has 6 heteroatoms. The highest BCUT2D eigenvalue weighted by molar-refractivity contribution is 7.21. The van der Waals surface area contributed by atoms with Crippen LogP contribution in [0.1, 0.15) is 15.2 Å². The van der Waals surface area contributed by atoms with Gasteiger partial charge in [-0.2, -0.15) is 0 Å². The number of carbonyl (C=O) groups excluding carboxylic acids is 1. The van der Waals surface area contributed by atoms with Crippen molar-refractivity contribution in [3.63, 3.8) is 0 Å². The van der Waals surface area contributed by atoms with Gasteiger partial charge < -0.3 is 15.8 Å². The summed E-state index contributed by atoms with van der Waals surface area (Å²) in [7, 11) is 1.65. The molecule has 2 heterocycles. The molecule has 6 rings (SSSR count). The molecule has 0 radical (unpaired) electrons. The van der Waals surface area contributed by atoms with E-state index in [0.717, 1.165) is 50.0 Å². The molecule has 6 aromatic rings. The largest absolute Gasteiger partial charge is 0.496 e. The molecule has 0 unspecified atom stereocenters. The van der Waals surface area contributed by atoms with Crippen LogP contribution in [-0.4, -0.2) is 18.0 Å². The maximum absolute atomic E-state index is 13.6. The Hall–Kier alpha value is -4.68. The highest BCUT2D eigenvalue weighted by Gasteiger charge is 2.23. The fraction of sp³-hybridized carbons (Fsp3) is 0.0625. The lowest BCUT2D eigenvalue weighted by Crippen LogP contribution is -2.12. The molecule has 0 aliphatic rings. The van der Waals surface area contributed by atoms with Crippen molar-refractivity contribution in [3.05, 3.63) is 108 Å². The third-order valence-corrected chi connectivity index (χ3v) is 7.79. The molecule has 0 atom stereocenters. The van der Waals surface area contributed by atoms with Crippen LogP contribution in [0, 0.1) is 6.92 Å². The summed E-state index contributed by atoms with van der Waals surface area (Å²) in [6.07, 6.45) is 0. The molecular weight excluding hydrogens is 490 g/mol. The van der Waals surface area contributed by atoms with Gasteiger partial charge in [-0.25, -0.2) is 4.98 Å². The second-order valence-corrected chi connectivity index (χ2v) is 10.1. The van der Waals surface area contributed by atoms with Crippen molar-refractivity contribution in [2.45, 2.75) is 6.92 Å². The number of nitrogen functional groups attached to an aromatic ring is 1. The highest BCUT2D eigenvalue weighted by Crippen LogP contribution is 2.44. The summed E-state index contributed by atoms with van der Waals surface area (Å²) < 4.78 is 5.69. The van der Waals surface area contributed by atoms with Crippen LogP contribution in [0.15, 0.2) is 97.1 Å². The van der Waals surface area contributed by atoms with Crippen molar-refractivity contribution < 1.29 is 9.53 Å². The number of anilines is 2. The number of rotatable bonds is 5. The number of pyridine rings is 1. The number of thiophene rings is 1. The standard InChI is InChI=1S/C32H25N3O2S/c1-19-14-16-21(17-15-19)26-18-24(23-11-5-6-13-27(23)37-2)28-29(33)30(38-32(28)35-26)31(36)34-25-12-7-9-20-8-3-4-10-22(20)25/h3-18H,33H2,1-2H3,(H,34,36). The number of nitrogens with one attached hydrogen (secondary N) is 1. The molecule has 1 amide bonds. The first kappa shape index (κ1) is 23.7. The first-order valence-electron chi connectivity index (χ1n) is 12.3. The van der Waals surface area contributed by atoms with E-state index in [-0.39, 0.29) is 5.91 Å². The molecule has 2 aromatic heterocycles. The summed E-state index contributed by atoms with van der Waals surface area (Å²) in [5, 5.41) is 5.85. The van der Waals surface area contributed by atoms with Gasteiger partial charge in [-0.3, -0.25) is 4.79 Å². The average Bonchev–Trinajstić information content (AvgIpc) is 3.29. The number of amides is 1. The number of methoxy groups -OCH3 is 1. The summed E-state index contributed by atoms with van der Waals surface area (Å²) in [4.78, 5) is 19.7. The molecule has 0 saturated heterocycles. The Kier molecular flexibility index (Phi) is 6.02. The molecule has 3 N–H and O–H groups in total. The smallest absolute Gasteiger partial charge is 0.267 e. The molecule has 0 fully saturated rings. The summed E-state index contributed by atoms with van der Waals surface area (Å²) in [6.45, 7) is 2.06. The molecule has 186 valence electrons. The molecule has 0 bridgehead atoms. The second kappa shape index (κ2) is 9.65. The van der Waals surface area contributed by atoms with Crippen LogP contribution in [0.5, 0.6) is 5.75 Å². The quantitative estimate of drug-likeness (QED) is 0.244. The van der Waals surface area contributed by atoms with Crippen LogP contribution in [0.3, 0.4) is 0 Å². The topological polar surface area (TPSA) is 77.2 Å². The number of hydrogen-bond donors (Lipinski definition) is 2. The summed E-state index contributed by atoms with van der Waals surface area (Å²) in [5.41, 5.74) is 12.6. The van der Waals surface area contributed by atoms with Crippen molar-refractivity contribution in [1.29, 1.82) is 0 Å². The zero-order valence-corrected chi connectivity index (χ0v) is 21.8. The van der Waals surface area contributed by atoms with Gasteiger partial charge in [0.05, 0.1) is 18.5 Å². The van der Waals surface area contributed by atoms with Crippen molar-refractivity contribution in [2.24, 2.45) is 0 Å². The molecule has 0 saturated carbocycles. The average molecular weight is 516 g/mol. The van der Waals surface area contributed by atoms with Gasteiger partial charge in [-0.05, 0) is 36.1 Å². The summed E-state index contributed by atoms with van der Waals surface area (Å²) >= 11 is 1.30. The first-order chi connectivity index (χ1) is 18.5. The molecule has 38 heavy (non-hydrogen) atoms. The van der Waals surface area contributed by atoms with Gasteiger partial charge in [0.2, 0.25) is 0 Å². The Morgan fingerprint density at radius 3 is 2.45 bits per heavy atom. The number of nitrogens with two attached hydrogens (primary N) is 1. The number of aryl methyl sites for hydroxylation is 1. The highest BCUT2D eigenvalue weighted by atomic mass is 32.1. The fourth-order valence-corrected chi connectivity index (χ4v) is 5.77. The van der Waals surface area contributed by atoms with E-state index < -0.39 is 0 Å². The van der Waals surface area contributed by atoms with Gasteiger partial charge in [0.25, 0.3) is 5.91 Å². The van der Waals surface area contributed by atoms with E-state index >= 15 is 0 Å². The molecular formula is C32H25N3O2S. The zero-order valence-electron chi connectivity index (χ0n) is 21.0. The van der Waals surface area contributed by atoms with Gasteiger partial charge in [0.1, 0.15) is 15.5 Å². The maximum atomic E-state index is 13.6. The normalized spacial score (nSPS) is 11.1. The van der Waals surface area contributed by atoms with E-state index in [1.54, 1.807) is 7.11 Å². The zero-order chi connectivity index (χ0) is 26.2. The van der Waals surface area contributed by atoms with E-state index in [2.05, 4.69) is 36.5 Å². The van der Waals surface area contributed by atoms with E-state index in [1.165, 1.54) is 16.9 Å². The second-order valence-electron chi connectivity index (χ2n) is 9.13. The van der Waals surface area contributed by atoms with Crippen LogP contribution < -0.4 is 15.8 Å². The number of nitrogens with zero attached hydrogens (tertiary/aromatic N) is 1. The Labute approximate surface area is 224 Å². The van der Waals surface area contributed by atoms with Crippen LogP contribution in [-0.2, 0) is 0 Å². The van der Waals surface area contributed by atoms with Gasteiger partial charge in [0, 0.05) is 27.6 Å². The van der Waals surface area contributed by atoms with Gasteiger partial charge in [-0.1, -0.05) is 84.4 Å². The van der Waals surface area contributed by atoms with Crippen molar-refractivity contribution in [3.8, 4) is 28.1 Å². The first-order valence-corrected chi connectivity index (χ1v) is 13.1. The molecule has 0 aliphatic carbocycles. The molecule has 0 aliphatic heterocycles. The van der Waals surface area contributed by atoms with Crippen LogP contribution >= 0.6 is 11.3 Å². The van der Waals surface area contributed by atoms with Gasteiger partial charge in [-0.15, -0.1) is 11.3 Å². The number of aromatic nitrogens is 1. The van der Waals surface area contributed by atoms with Crippen LogP contribution in [0.4, 0.5) is 11.4 Å². The van der Waals surface area contributed by atoms with Crippen LogP contribution in [0.25, 0.3) is 43.4 Å². The number of fused-ring (bicyclic) bond motifs is 2. The Morgan fingerprint density at radius 1 is 0.895 bits per heavy atom. The lowest BCUT2D eigenvalue weighted by molar-refractivity contribution is 0.103. The number of para-hydroxylation sites is 1. The molecule has 0 spiro atoms. The Bertz CT molecular complexity index is 1820. The number of carbonyl (C=O) groups is 1. The fourth-order valence-electron chi connectivity index (χ4n) is 4.75. The third kappa shape index (κ3) is 4.15. The number of hydrogen-bond acceptors (Lipinski definition) is 5. The molecule has 4 aromatic carbocycles. The maximum Gasteiger partial charge on any atom is 0.267 e. The van der Waals surface area contributed by atoms with E-state index in [0.29, 0.717) is 15.4 Å². The van der Waals surface area contributed by atoms with Crippen molar-refractivity contribution in [1.82, 2.24) is 4.98 Å². The molecule has 5 nitrogen and oxygen atoms in total. The lowest BCUT2D eigenvalue weighted by atomic mass is 9.98. The SMILES string of the molecule is COc1ccccc1-c1cc(-c2ccc(C)cc2)nc2sc(C(=O)Nc3cccc4ccccc34)c(N)c12. The third-order valence-electron chi connectivity index (χ3n) is 6.69. The minimum Gasteiger partial charge on any atom is -0.496 e. The van der Waals surface area contributed by atoms with Gasteiger partial charge >= 0.3 is 0 Å². The lowest BCUT2D eigenvalue weighted by Gasteiger charge is -2.12. The number of ether oxygens (including phenoxy) is 1. The van der Waals surface area contributed by atoms with E-state index in [1.807, 2.05) is 72.8 Å². The van der Waals surface area contributed by atoms with Gasteiger partial charge in [0.15, 0.2) is 0 Å². The number of benzene rings is 4. The van der Waals surface area contributed by atoms with Crippen molar-refractivity contribution in [2.75, 3.05) is 18.2 Å². The Balaban J connectivity index is 1.52. The van der Waals surface area contributed by atoms with E-state index in [4.69, 9.17) is 15.5 Å². The predicted molar refractivity (Wildman–Crippen MR) is 158 cm³/mol. The predicted octanol–water partition coefficient (Wildman–Crippen LogP) is 7.94. The minimum absolute atomic E-state index is 0.260. The van der Waals surface area contributed by atoms with E-state index in [9.17, 15) is 4.79 Å². The Morgan fingerprint density at radius 2 is 1.63 bits per heavy atom.